The smallest absolute Gasteiger partial charge is 0.306 e. The minimum atomic E-state index is -0.791. The predicted molar refractivity (Wildman–Crippen MR) is 358 cm³/mol. The molecule has 0 radical (unpaired) electrons. The van der Waals surface area contributed by atoms with E-state index in [0.717, 1.165) is 116 Å². The molecule has 0 aliphatic heterocycles. The molecule has 0 saturated carbocycles. The SMILES string of the molecule is CC/C=C\C/C=C\C/C=C\C/C=C\CCCCCCCCC(=O)OC(COC(=O)CCCCCCC/C=C\C/C=C\CCCC)COC(=O)CCCCCCCCCCCCCCCCCCCCC/C=C\CCCCCCCCCC. The molecule has 1 atom stereocenters. The molecule has 0 aromatic rings. The fourth-order valence-corrected chi connectivity index (χ4v) is 10.3. The van der Waals surface area contributed by atoms with E-state index in [-0.39, 0.29) is 31.1 Å². The van der Waals surface area contributed by atoms with Crippen molar-refractivity contribution in [2.75, 3.05) is 13.2 Å². The zero-order valence-electron chi connectivity index (χ0n) is 54.5. The van der Waals surface area contributed by atoms with E-state index >= 15 is 0 Å². The summed E-state index contributed by atoms with van der Waals surface area (Å²) in [6.45, 7) is 6.51. The van der Waals surface area contributed by atoms with E-state index in [0.29, 0.717) is 19.3 Å². The number of unbranched alkanes of at least 4 members (excludes halogenated alkanes) is 40. The summed E-state index contributed by atoms with van der Waals surface area (Å²) in [5, 5.41) is 0. The second-order valence-corrected chi connectivity index (χ2v) is 23.8. The highest BCUT2D eigenvalue weighted by Crippen LogP contribution is 2.18. The van der Waals surface area contributed by atoms with Gasteiger partial charge in [-0.2, -0.15) is 0 Å². The van der Waals surface area contributed by atoms with Crippen LogP contribution in [0.5, 0.6) is 0 Å². The fraction of sp³-hybridized carbons (Fsp3) is 0.776. The molecule has 474 valence electrons. The zero-order chi connectivity index (χ0) is 59.2. The Morgan fingerprint density at radius 1 is 0.256 bits per heavy atom. The van der Waals surface area contributed by atoms with Crippen LogP contribution in [0.4, 0.5) is 0 Å². The van der Waals surface area contributed by atoms with Crippen molar-refractivity contribution in [1.82, 2.24) is 0 Å². The normalized spacial score (nSPS) is 12.6. The van der Waals surface area contributed by atoms with E-state index in [1.54, 1.807) is 0 Å². The van der Waals surface area contributed by atoms with Crippen molar-refractivity contribution in [1.29, 1.82) is 0 Å². The molecule has 0 aromatic heterocycles. The van der Waals surface area contributed by atoms with Gasteiger partial charge in [0.05, 0.1) is 0 Å². The summed E-state index contributed by atoms with van der Waals surface area (Å²) in [5.41, 5.74) is 0. The van der Waals surface area contributed by atoms with Crippen LogP contribution in [-0.4, -0.2) is 37.2 Å². The van der Waals surface area contributed by atoms with Crippen molar-refractivity contribution in [2.45, 2.75) is 367 Å². The quantitative estimate of drug-likeness (QED) is 0.0261. The van der Waals surface area contributed by atoms with Crippen molar-refractivity contribution in [2.24, 2.45) is 0 Å². The second-order valence-electron chi connectivity index (χ2n) is 23.8. The highest BCUT2D eigenvalue weighted by atomic mass is 16.6. The van der Waals surface area contributed by atoms with Crippen LogP contribution in [0, 0.1) is 0 Å². The minimum Gasteiger partial charge on any atom is -0.462 e. The molecule has 0 aromatic carbocycles. The maximum Gasteiger partial charge on any atom is 0.306 e. The van der Waals surface area contributed by atoms with Crippen LogP contribution in [0.2, 0.25) is 0 Å². The summed E-state index contributed by atoms with van der Waals surface area (Å²) in [4.78, 5) is 38.4. The van der Waals surface area contributed by atoms with Gasteiger partial charge in [-0.05, 0) is 109 Å². The third-order valence-electron chi connectivity index (χ3n) is 15.6. The van der Waals surface area contributed by atoms with Crippen LogP contribution in [-0.2, 0) is 28.6 Å². The maximum atomic E-state index is 12.9. The van der Waals surface area contributed by atoms with Gasteiger partial charge < -0.3 is 14.2 Å². The van der Waals surface area contributed by atoms with Crippen molar-refractivity contribution in [3.8, 4) is 0 Å². The lowest BCUT2D eigenvalue weighted by Gasteiger charge is -2.18. The lowest BCUT2D eigenvalue weighted by Crippen LogP contribution is -2.30. The number of carbonyl (C=O) groups excluding carboxylic acids is 3. The minimum absolute atomic E-state index is 0.0845. The highest BCUT2D eigenvalue weighted by molar-refractivity contribution is 5.71. The molecule has 6 nitrogen and oxygen atoms in total. The largest absolute Gasteiger partial charge is 0.462 e. The molecule has 0 heterocycles. The lowest BCUT2D eigenvalue weighted by molar-refractivity contribution is -0.167. The molecule has 0 spiro atoms. The Morgan fingerprint density at radius 3 is 0.793 bits per heavy atom. The van der Waals surface area contributed by atoms with Crippen LogP contribution in [0.25, 0.3) is 0 Å². The molecule has 0 fully saturated rings. The molecule has 0 aliphatic carbocycles. The van der Waals surface area contributed by atoms with Gasteiger partial charge in [-0.25, -0.2) is 0 Å². The number of carbonyl (C=O) groups is 3. The summed E-state index contributed by atoms with van der Waals surface area (Å²) >= 11 is 0. The lowest BCUT2D eigenvalue weighted by atomic mass is 10.0. The summed E-state index contributed by atoms with van der Waals surface area (Å²) in [5.74, 6) is -0.897. The third-order valence-corrected chi connectivity index (χ3v) is 15.6. The van der Waals surface area contributed by atoms with Crippen molar-refractivity contribution >= 4 is 17.9 Å². The maximum absolute atomic E-state index is 12.9. The monoisotopic (exact) mass is 1140 g/mol. The topological polar surface area (TPSA) is 78.9 Å². The Morgan fingerprint density at radius 2 is 0.488 bits per heavy atom. The van der Waals surface area contributed by atoms with Crippen LogP contribution >= 0.6 is 0 Å². The molecule has 0 aliphatic rings. The standard InChI is InChI=1S/C76H134O6/c1-4-7-10-13-16-19-22-25-28-30-32-33-34-35-36-37-38-39-40-41-42-43-45-46-48-51-54-57-60-63-66-69-75(78)81-72-73(71-80-74(77)68-65-62-59-56-53-50-27-24-21-18-15-12-9-6-3)82-76(79)70-67-64-61-58-55-52-49-47-44-31-29-26-23-20-17-14-11-8-5-2/h8,11,15,17-18,20,24,26-27,29-30,32,44,47,73H,4-7,9-10,12-14,16,19,21-23,25,28,31,33-43,45-46,48-72H2,1-3H3/b11-8-,18-15-,20-17-,27-24-,29-26-,32-30-,47-44-. The van der Waals surface area contributed by atoms with Gasteiger partial charge in [-0.3, -0.25) is 14.4 Å². The number of hydrogen-bond acceptors (Lipinski definition) is 6. The molecular formula is C76H134O6. The highest BCUT2D eigenvalue weighted by Gasteiger charge is 2.19. The Balaban J connectivity index is 4.22. The summed E-state index contributed by atoms with van der Waals surface area (Å²) in [6, 6.07) is 0. The van der Waals surface area contributed by atoms with Gasteiger partial charge >= 0.3 is 17.9 Å². The first-order valence-electron chi connectivity index (χ1n) is 35.6. The van der Waals surface area contributed by atoms with Crippen molar-refractivity contribution in [3.63, 3.8) is 0 Å². The number of ether oxygens (including phenoxy) is 3. The molecule has 82 heavy (non-hydrogen) atoms. The van der Waals surface area contributed by atoms with Crippen molar-refractivity contribution in [3.05, 3.63) is 85.1 Å². The Kier molecular flexibility index (Phi) is 67.2. The fourth-order valence-electron chi connectivity index (χ4n) is 10.3. The Hall–Kier alpha value is -3.41. The van der Waals surface area contributed by atoms with E-state index in [2.05, 4.69) is 106 Å². The van der Waals surface area contributed by atoms with Crippen LogP contribution in [0.1, 0.15) is 361 Å². The molecule has 0 N–H and O–H groups in total. The molecular weight excluding hydrogens is 1010 g/mol. The first-order valence-corrected chi connectivity index (χ1v) is 35.6. The summed E-state index contributed by atoms with van der Waals surface area (Å²) < 4.78 is 17.0. The van der Waals surface area contributed by atoms with Gasteiger partial charge in [0.15, 0.2) is 6.10 Å². The summed E-state index contributed by atoms with van der Waals surface area (Å²) in [6.07, 6.45) is 93.4. The zero-order valence-corrected chi connectivity index (χ0v) is 54.5. The third kappa shape index (κ3) is 67.4. The number of hydrogen-bond donors (Lipinski definition) is 0. The first kappa shape index (κ1) is 78.6. The van der Waals surface area contributed by atoms with Gasteiger partial charge in [-0.1, -0.05) is 318 Å². The van der Waals surface area contributed by atoms with Crippen LogP contribution in [0.15, 0.2) is 85.1 Å². The average Bonchev–Trinajstić information content (AvgIpc) is 3.47. The van der Waals surface area contributed by atoms with Gasteiger partial charge in [0, 0.05) is 19.3 Å². The Bertz CT molecular complexity index is 1550. The van der Waals surface area contributed by atoms with Crippen molar-refractivity contribution < 1.29 is 28.6 Å². The number of rotatable bonds is 65. The molecule has 0 rings (SSSR count). The van der Waals surface area contributed by atoms with Gasteiger partial charge in [0.2, 0.25) is 0 Å². The van der Waals surface area contributed by atoms with E-state index in [1.807, 2.05) is 0 Å². The Labute approximate surface area is 509 Å². The van der Waals surface area contributed by atoms with Gasteiger partial charge in [0.25, 0.3) is 0 Å². The number of esters is 3. The van der Waals surface area contributed by atoms with E-state index < -0.39 is 6.10 Å². The summed E-state index contributed by atoms with van der Waals surface area (Å²) in [7, 11) is 0. The number of allylic oxidation sites excluding steroid dienone is 14. The molecule has 0 amide bonds. The first-order chi connectivity index (χ1) is 40.5. The molecule has 1 unspecified atom stereocenters. The average molecular weight is 1140 g/mol. The molecule has 6 heteroatoms. The van der Waals surface area contributed by atoms with E-state index in [4.69, 9.17) is 14.2 Å². The van der Waals surface area contributed by atoms with Crippen LogP contribution in [0.3, 0.4) is 0 Å². The van der Waals surface area contributed by atoms with Gasteiger partial charge in [-0.15, -0.1) is 0 Å². The molecule has 0 bridgehead atoms. The van der Waals surface area contributed by atoms with Gasteiger partial charge in [0.1, 0.15) is 13.2 Å². The molecule has 0 saturated heterocycles. The van der Waals surface area contributed by atoms with Crippen LogP contribution < -0.4 is 0 Å². The second kappa shape index (κ2) is 70.1. The van der Waals surface area contributed by atoms with E-state index in [1.165, 1.54) is 205 Å². The predicted octanol–water partition coefficient (Wildman–Crippen LogP) is 24.6. The van der Waals surface area contributed by atoms with E-state index in [9.17, 15) is 14.4 Å².